The molecule has 0 spiro atoms. The first-order valence-electron chi connectivity index (χ1n) is 6.25. The zero-order chi connectivity index (χ0) is 13.9. The van der Waals surface area contributed by atoms with E-state index >= 15 is 0 Å². The van der Waals surface area contributed by atoms with E-state index < -0.39 is 0 Å². The minimum absolute atomic E-state index is 0.778. The largest absolute Gasteiger partial charge is 0.497 e. The number of ether oxygens (including phenoxy) is 1. The minimum atomic E-state index is 0.778. The molecule has 0 saturated carbocycles. The van der Waals surface area contributed by atoms with Crippen LogP contribution in [0.1, 0.15) is 0 Å². The maximum absolute atomic E-state index is 5.17. The quantitative estimate of drug-likeness (QED) is 0.729. The summed E-state index contributed by atoms with van der Waals surface area (Å²) in [7, 11) is 3.61. The maximum atomic E-state index is 5.17. The second-order valence-electron chi connectivity index (χ2n) is 4.39. The van der Waals surface area contributed by atoms with E-state index in [1.807, 2.05) is 60.5 Å². The van der Waals surface area contributed by atoms with E-state index in [4.69, 9.17) is 4.74 Å². The second kappa shape index (κ2) is 5.13. The Balaban J connectivity index is 2.05. The highest BCUT2D eigenvalue weighted by Gasteiger charge is 2.11. The number of rotatable bonds is 3. The van der Waals surface area contributed by atoms with Gasteiger partial charge in [0.15, 0.2) is 5.82 Å². The lowest BCUT2D eigenvalue weighted by Crippen LogP contribution is -2.12. The van der Waals surface area contributed by atoms with Crippen molar-refractivity contribution in [2.45, 2.75) is 0 Å². The van der Waals surface area contributed by atoms with Crippen LogP contribution >= 0.6 is 0 Å². The molecule has 0 fully saturated rings. The summed E-state index contributed by atoms with van der Waals surface area (Å²) in [5.74, 6) is 1.61. The van der Waals surface area contributed by atoms with E-state index in [2.05, 4.69) is 15.4 Å². The number of nitrogens with zero attached hydrogens (tertiary/aromatic N) is 4. The zero-order valence-corrected chi connectivity index (χ0v) is 11.3. The highest BCUT2D eigenvalue weighted by atomic mass is 16.5. The summed E-state index contributed by atoms with van der Waals surface area (Å²) < 4.78 is 5.17. The van der Waals surface area contributed by atoms with Crippen LogP contribution in [0.25, 0.3) is 10.9 Å². The molecule has 3 aromatic rings. The molecule has 0 atom stereocenters. The molecule has 5 nitrogen and oxygen atoms in total. The fraction of sp³-hybridized carbons (Fsp3) is 0.133. The third kappa shape index (κ3) is 2.14. The van der Waals surface area contributed by atoms with Crippen molar-refractivity contribution in [3.8, 4) is 5.75 Å². The van der Waals surface area contributed by atoms with Gasteiger partial charge in [0.05, 0.1) is 12.6 Å². The first-order valence-corrected chi connectivity index (χ1v) is 6.25. The molecule has 0 aliphatic rings. The highest BCUT2D eigenvalue weighted by Crippen LogP contribution is 2.28. The third-order valence-corrected chi connectivity index (χ3v) is 3.21. The minimum Gasteiger partial charge on any atom is -0.497 e. The fourth-order valence-electron chi connectivity index (χ4n) is 2.09. The van der Waals surface area contributed by atoms with Gasteiger partial charge in [0.1, 0.15) is 5.75 Å². The van der Waals surface area contributed by atoms with Gasteiger partial charge in [-0.05, 0) is 41.6 Å². The molecule has 0 bridgehead atoms. The Kier molecular flexibility index (Phi) is 3.16. The van der Waals surface area contributed by atoms with Crippen LogP contribution < -0.4 is 9.64 Å². The van der Waals surface area contributed by atoms with E-state index in [1.165, 1.54) is 0 Å². The van der Waals surface area contributed by atoms with Gasteiger partial charge in [-0.3, -0.25) is 0 Å². The van der Waals surface area contributed by atoms with Crippen molar-refractivity contribution in [1.29, 1.82) is 0 Å². The monoisotopic (exact) mass is 266 g/mol. The molecular formula is C15H14N4O. The summed E-state index contributed by atoms with van der Waals surface area (Å²) in [6.07, 6.45) is 0. The predicted octanol–water partition coefficient (Wildman–Crippen LogP) is 2.80. The van der Waals surface area contributed by atoms with E-state index in [9.17, 15) is 0 Å². The molecule has 0 aliphatic heterocycles. The molecule has 100 valence electrons. The summed E-state index contributed by atoms with van der Waals surface area (Å²) >= 11 is 0. The number of hydrogen-bond acceptors (Lipinski definition) is 5. The number of methoxy groups -OCH3 is 1. The van der Waals surface area contributed by atoms with Gasteiger partial charge in [0.25, 0.3) is 0 Å². The SMILES string of the molecule is COc1ccc(N(C)c2nnnc3ccccc23)cc1. The van der Waals surface area contributed by atoms with E-state index in [0.717, 1.165) is 28.2 Å². The molecular weight excluding hydrogens is 252 g/mol. The summed E-state index contributed by atoms with van der Waals surface area (Å²) in [6, 6.07) is 15.6. The lowest BCUT2D eigenvalue weighted by Gasteiger charge is -2.19. The molecule has 0 unspecified atom stereocenters. The molecule has 0 amide bonds. The van der Waals surface area contributed by atoms with Crippen molar-refractivity contribution in [1.82, 2.24) is 15.4 Å². The summed E-state index contributed by atoms with van der Waals surface area (Å²) in [4.78, 5) is 1.98. The van der Waals surface area contributed by atoms with Crippen molar-refractivity contribution >= 4 is 22.4 Å². The van der Waals surface area contributed by atoms with Crippen molar-refractivity contribution in [2.24, 2.45) is 0 Å². The Morgan fingerprint density at radius 1 is 0.950 bits per heavy atom. The zero-order valence-electron chi connectivity index (χ0n) is 11.3. The summed E-state index contributed by atoms with van der Waals surface area (Å²) in [5.41, 5.74) is 1.84. The standard InChI is InChI=1S/C15H14N4O/c1-19(11-7-9-12(20-2)10-8-11)15-13-5-3-4-6-14(13)16-18-17-15/h3-10H,1-2H3. The van der Waals surface area contributed by atoms with Gasteiger partial charge in [-0.1, -0.05) is 12.1 Å². The summed E-state index contributed by atoms with van der Waals surface area (Å²) in [6.45, 7) is 0. The van der Waals surface area contributed by atoms with Crippen LogP contribution in [0, 0.1) is 0 Å². The van der Waals surface area contributed by atoms with E-state index in [1.54, 1.807) is 7.11 Å². The number of aromatic nitrogens is 3. The average molecular weight is 266 g/mol. The molecule has 0 N–H and O–H groups in total. The maximum Gasteiger partial charge on any atom is 0.166 e. The predicted molar refractivity (Wildman–Crippen MR) is 78.4 cm³/mol. The highest BCUT2D eigenvalue weighted by molar-refractivity contribution is 5.90. The number of fused-ring (bicyclic) bond motifs is 1. The Morgan fingerprint density at radius 3 is 2.45 bits per heavy atom. The Labute approximate surface area is 116 Å². The van der Waals surface area contributed by atoms with Crippen LogP contribution in [0.5, 0.6) is 5.75 Å². The van der Waals surface area contributed by atoms with Crippen LogP contribution in [0.2, 0.25) is 0 Å². The first-order chi connectivity index (χ1) is 9.79. The second-order valence-corrected chi connectivity index (χ2v) is 4.39. The topological polar surface area (TPSA) is 51.1 Å². The van der Waals surface area contributed by atoms with Crippen molar-refractivity contribution < 1.29 is 4.74 Å². The number of benzene rings is 2. The molecule has 3 rings (SSSR count). The van der Waals surface area contributed by atoms with Crippen LogP contribution in [-0.4, -0.2) is 29.6 Å². The Bertz CT molecular complexity index is 722. The van der Waals surface area contributed by atoms with Crippen molar-refractivity contribution in [3.05, 3.63) is 48.5 Å². The normalized spacial score (nSPS) is 10.5. The van der Waals surface area contributed by atoms with Crippen LogP contribution in [0.4, 0.5) is 11.5 Å². The Hall–Kier alpha value is -2.69. The van der Waals surface area contributed by atoms with Gasteiger partial charge in [0.2, 0.25) is 0 Å². The first kappa shape index (κ1) is 12.3. The van der Waals surface area contributed by atoms with Gasteiger partial charge in [0, 0.05) is 18.1 Å². The molecule has 20 heavy (non-hydrogen) atoms. The van der Waals surface area contributed by atoms with Gasteiger partial charge < -0.3 is 9.64 Å². The molecule has 2 aromatic carbocycles. The van der Waals surface area contributed by atoms with Gasteiger partial charge in [-0.15, -0.1) is 10.2 Å². The average Bonchev–Trinajstić information content (AvgIpc) is 2.54. The molecule has 5 heteroatoms. The third-order valence-electron chi connectivity index (χ3n) is 3.21. The number of anilines is 2. The summed E-state index contributed by atoms with van der Waals surface area (Å²) in [5, 5.41) is 13.0. The van der Waals surface area contributed by atoms with Crippen LogP contribution in [0.15, 0.2) is 48.5 Å². The lowest BCUT2D eigenvalue weighted by molar-refractivity contribution is 0.415. The molecule has 0 saturated heterocycles. The smallest absolute Gasteiger partial charge is 0.166 e. The van der Waals surface area contributed by atoms with Crippen molar-refractivity contribution in [2.75, 3.05) is 19.1 Å². The molecule has 1 aromatic heterocycles. The fourth-order valence-corrected chi connectivity index (χ4v) is 2.09. The molecule has 0 aliphatic carbocycles. The van der Waals surface area contributed by atoms with Gasteiger partial charge in [-0.25, -0.2) is 0 Å². The van der Waals surface area contributed by atoms with E-state index in [-0.39, 0.29) is 0 Å². The molecule has 1 heterocycles. The van der Waals surface area contributed by atoms with Crippen LogP contribution in [0.3, 0.4) is 0 Å². The van der Waals surface area contributed by atoms with Crippen molar-refractivity contribution in [3.63, 3.8) is 0 Å². The van der Waals surface area contributed by atoms with Gasteiger partial charge >= 0.3 is 0 Å². The number of hydrogen-bond donors (Lipinski definition) is 0. The lowest BCUT2D eigenvalue weighted by atomic mass is 10.2. The van der Waals surface area contributed by atoms with Crippen LogP contribution in [-0.2, 0) is 0 Å². The van der Waals surface area contributed by atoms with Gasteiger partial charge in [-0.2, -0.15) is 0 Å². The van der Waals surface area contributed by atoms with E-state index in [0.29, 0.717) is 0 Å². The molecule has 0 radical (unpaired) electrons. The Morgan fingerprint density at radius 2 is 1.70 bits per heavy atom.